The van der Waals surface area contributed by atoms with Crippen LogP contribution in [0.3, 0.4) is 0 Å². The molecule has 0 fully saturated rings. The second-order valence-electron chi connectivity index (χ2n) is 3.58. The van der Waals surface area contributed by atoms with Crippen molar-refractivity contribution in [1.29, 1.82) is 0 Å². The molecule has 2 rings (SSSR count). The van der Waals surface area contributed by atoms with Crippen LogP contribution >= 0.6 is 47.8 Å². The van der Waals surface area contributed by atoms with Gasteiger partial charge < -0.3 is 0 Å². The minimum atomic E-state index is 0.950. The molecule has 0 atom stereocenters. The Balaban J connectivity index is 2.23. The molecular formula is C13H9Br3. The molecule has 0 saturated carbocycles. The lowest BCUT2D eigenvalue weighted by Gasteiger charge is -2.04. The number of hydrogen-bond donors (Lipinski definition) is 0. The Bertz CT molecular complexity index is 469. The molecule has 82 valence electrons. The summed E-state index contributed by atoms with van der Waals surface area (Å²) >= 11 is 10.4. The highest BCUT2D eigenvalue weighted by Crippen LogP contribution is 2.22. The van der Waals surface area contributed by atoms with E-state index < -0.39 is 0 Å². The summed E-state index contributed by atoms with van der Waals surface area (Å²) in [6, 6.07) is 14.8. The van der Waals surface area contributed by atoms with Crippen LogP contribution in [0.2, 0.25) is 0 Å². The van der Waals surface area contributed by atoms with Crippen molar-refractivity contribution in [3.8, 4) is 0 Å². The third-order valence-electron chi connectivity index (χ3n) is 2.24. The van der Waals surface area contributed by atoms with Crippen LogP contribution < -0.4 is 0 Å². The average molecular weight is 405 g/mol. The number of rotatable bonds is 2. The van der Waals surface area contributed by atoms with Crippen molar-refractivity contribution in [2.24, 2.45) is 0 Å². The maximum Gasteiger partial charge on any atom is 0.0189 e. The van der Waals surface area contributed by atoms with Gasteiger partial charge in [-0.1, -0.05) is 59.9 Å². The highest BCUT2D eigenvalue weighted by atomic mass is 79.9. The number of halogens is 3. The van der Waals surface area contributed by atoms with Crippen molar-refractivity contribution in [3.63, 3.8) is 0 Å². The van der Waals surface area contributed by atoms with E-state index in [1.54, 1.807) is 0 Å². The average Bonchev–Trinajstić information content (AvgIpc) is 2.20. The normalized spacial score (nSPS) is 10.4. The van der Waals surface area contributed by atoms with Crippen molar-refractivity contribution in [3.05, 3.63) is 67.0 Å². The molecule has 0 aliphatic carbocycles. The van der Waals surface area contributed by atoms with E-state index in [-0.39, 0.29) is 0 Å². The van der Waals surface area contributed by atoms with Crippen molar-refractivity contribution >= 4 is 47.8 Å². The number of hydrogen-bond acceptors (Lipinski definition) is 0. The molecule has 3 heteroatoms. The van der Waals surface area contributed by atoms with Gasteiger partial charge in [-0.05, 0) is 47.9 Å². The van der Waals surface area contributed by atoms with E-state index in [9.17, 15) is 0 Å². The SMILES string of the molecule is Brc1ccc(Cc2cc(Br)cc(Br)c2)cc1. The molecule has 2 aromatic carbocycles. The molecule has 0 spiro atoms. The molecule has 0 aliphatic rings. The fourth-order valence-electron chi connectivity index (χ4n) is 1.55. The third-order valence-corrected chi connectivity index (χ3v) is 3.69. The Morgan fingerprint density at radius 2 is 1.19 bits per heavy atom. The van der Waals surface area contributed by atoms with E-state index in [1.807, 2.05) is 6.07 Å². The van der Waals surface area contributed by atoms with Crippen molar-refractivity contribution in [1.82, 2.24) is 0 Å². The van der Waals surface area contributed by atoms with E-state index in [0.717, 1.165) is 19.8 Å². The van der Waals surface area contributed by atoms with Crippen molar-refractivity contribution in [2.75, 3.05) is 0 Å². The van der Waals surface area contributed by atoms with Gasteiger partial charge in [0.15, 0.2) is 0 Å². The summed E-state index contributed by atoms with van der Waals surface area (Å²) in [6.45, 7) is 0. The maximum atomic E-state index is 3.50. The Labute approximate surface area is 120 Å². The zero-order valence-corrected chi connectivity index (χ0v) is 13.1. The van der Waals surface area contributed by atoms with Gasteiger partial charge in [0.1, 0.15) is 0 Å². The molecule has 0 bridgehead atoms. The Kier molecular flexibility index (Phi) is 4.22. The summed E-state index contributed by atoms with van der Waals surface area (Å²) in [6.07, 6.45) is 0.950. The predicted molar refractivity (Wildman–Crippen MR) is 78.8 cm³/mol. The first-order chi connectivity index (χ1) is 7.63. The zero-order chi connectivity index (χ0) is 11.5. The van der Waals surface area contributed by atoms with E-state index in [2.05, 4.69) is 84.2 Å². The van der Waals surface area contributed by atoms with E-state index in [0.29, 0.717) is 0 Å². The first-order valence-corrected chi connectivity index (χ1v) is 7.21. The van der Waals surface area contributed by atoms with E-state index in [4.69, 9.17) is 0 Å². The van der Waals surface area contributed by atoms with Crippen molar-refractivity contribution in [2.45, 2.75) is 6.42 Å². The van der Waals surface area contributed by atoms with E-state index >= 15 is 0 Å². The fraction of sp³-hybridized carbons (Fsp3) is 0.0769. The smallest absolute Gasteiger partial charge is 0.0189 e. The summed E-state index contributed by atoms with van der Waals surface area (Å²) in [5, 5.41) is 0. The topological polar surface area (TPSA) is 0 Å². The zero-order valence-electron chi connectivity index (χ0n) is 8.38. The molecule has 0 aromatic heterocycles. The molecule has 0 radical (unpaired) electrons. The molecule has 0 nitrogen and oxygen atoms in total. The van der Waals surface area contributed by atoms with Crippen LogP contribution in [0.25, 0.3) is 0 Å². The summed E-state index contributed by atoms with van der Waals surface area (Å²) in [7, 11) is 0. The molecule has 0 aliphatic heterocycles. The molecule has 0 saturated heterocycles. The van der Waals surface area contributed by atoms with E-state index in [1.165, 1.54) is 11.1 Å². The molecule has 0 amide bonds. The van der Waals surface area contributed by atoms with Crippen LogP contribution in [-0.2, 0) is 6.42 Å². The lowest BCUT2D eigenvalue weighted by Crippen LogP contribution is -1.88. The summed E-state index contributed by atoms with van der Waals surface area (Å²) in [5.41, 5.74) is 2.61. The maximum absolute atomic E-state index is 3.50. The second kappa shape index (κ2) is 5.48. The van der Waals surface area contributed by atoms with Gasteiger partial charge >= 0.3 is 0 Å². The van der Waals surface area contributed by atoms with Crippen LogP contribution in [-0.4, -0.2) is 0 Å². The summed E-state index contributed by atoms with van der Waals surface area (Å²) < 4.78 is 3.33. The van der Waals surface area contributed by atoms with Crippen molar-refractivity contribution < 1.29 is 0 Å². The third kappa shape index (κ3) is 3.44. The van der Waals surface area contributed by atoms with Gasteiger partial charge in [-0.2, -0.15) is 0 Å². The fourth-order valence-corrected chi connectivity index (χ4v) is 3.20. The predicted octanol–water partition coefficient (Wildman–Crippen LogP) is 5.56. The number of benzene rings is 2. The first-order valence-electron chi connectivity index (χ1n) is 4.83. The minimum absolute atomic E-state index is 0.950. The standard InChI is InChI=1S/C13H9Br3/c14-11-3-1-9(2-4-11)5-10-6-12(15)8-13(16)7-10/h1-4,6-8H,5H2. The monoisotopic (exact) mass is 402 g/mol. The molecule has 2 aromatic rings. The van der Waals surface area contributed by atoms with Gasteiger partial charge in [0.25, 0.3) is 0 Å². The highest BCUT2D eigenvalue weighted by molar-refractivity contribution is 9.11. The highest BCUT2D eigenvalue weighted by Gasteiger charge is 1.99. The van der Waals surface area contributed by atoms with Crippen LogP contribution in [0.1, 0.15) is 11.1 Å². The van der Waals surface area contributed by atoms with Crippen LogP contribution in [0.15, 0.2) is 55.9 Å². The Morgan fingerprint density at radius 1 is 0.625 bits per heavy atom. The largest absolute Gasteiger partial charge is 0.0576 e. The molecular weight excluding hydrogens is 396 g/mol. The lowest BCUT2D eigenvalue weighted by atomic mass is 10.1. The quantitative estimate of drug-likeness (QED) is 0.614. The van der Waals surface area contributed by atoms with Gasteiger partial charge in [-0.25, -0.2) is 0 Å². The van der Waals surface area contributed by atoms with Crippen LogP contribution in [0, 0.1) is 0 Å². The summed E-state index contributed by atoms with van der Waals surface area (Å²) in [4.78, 5) is 0. The Morgan fingerprint density at radius 3 is 1.75 bits per heavy atom. The Hall–Kier alpha value is -0.120. The first kappa shape index (κ1) is 12.3. The van der Waals surface area contributed by atoms with Crippen LogP contribution in [0.4, 0.5) is 0 Å². The molecule has 0 unspecified atom stereocenters. The lowest BCUT2D eigenvalue weighted by molar-refractivity contribution is 1.18. The van der Waals surface area contributed by atoms with Gasteiger partial charge in [-0.15, -0.1) is 0 Å². The van der Waals surface area contributed by atoms with Gasteiger partial charge in [0.2, 0.25) is 0 Å². The van der Waals surface area contributed by atoms with Crippen LogP contribution in [0.5, 0.6) is 0 Å². The van der Waals surface area contributed by atoms with Gasteiger partial charge in [-0.3, -0.25) is 0 Å². The molecule has 16 heavy (non-hydrogen) atoms. The van der Waals surface area contributed by atoms with Gasteiger partial charge in [0, 0.05) is 13.4 Å². The molecule has 0 heterocycles. The minimum Gasteiger partial charge on any atom is -0.0576 e. The summed E-state index contributed by atoms with van der Waals surface area (Å²) in [5.74, 6) is 0. The van der Waals surface area contributed by atoms with Gasteiger partial charge in [0.05, 0.1) is 0 Å². The second-order valence-corrected chi connectivity index (χ2v) is 6.33. The molecule has 0 N–H and O–H groups in total.